The Kier molecular flexibility index (Phi) is 7.58. The number of aromatic nitrogens is 3. The highest BCUT2D eigenvalue weighted by Crippen LogP contribution is 2.58. The Morgan fingerprint density at radius 2 is 0.839 bits per heavy atom. The zero-order valence-corrected chi connectivity index (χ0v) is 31.1. The first-order chi connectivity index (χ1) is 27.8. The third-order valence-corrected chi connectivity index (χ3v) is 12.5. The third-order valence-electron chi connectivity index (χ3n) is 11.2. The molecule has 3 nitrogen and oxygen atoms in total. The highest BCUT2D eigenvalue weighted by molar-refractivity contribution is 7.26. The molecule has 0 spiro atoms. The number of rotatable bonds is 6. The van der Waals surface area contributed by atoms with E-state index in [1.54, 1.807) is 0 Å². The molecule has 0 amide bonds. The topological polar surface area (TPSA) is 38.7 Å². The lowest BCUT2D eigenvalue weighted by Gasteiger charge is -2.35. The van der Waals surface area contributed by atoms with Crippen molar-refractivity contribution in [1.82, 2.24) is 15.0 Å². The van der Waals surface area contributed by atoms with Gasteiger partial charge in [0.25, 0.3) is 0 Å². The standard InChI is InChI=1S/C52H33N3S/c1-4-16-35(17-5-1)49-53-50(36-32-30-34(31-33-36)39-24-14-26-43-41-23-11-13-29-46(41)56-48(39)43)55-51(54-49)44-27-15-25-42-40-22-10-12-28-45(40)52(47(42)44,37-18-6-2-7-19-37)38-20-8-3-9-21-38/h1-33H. The Bertz CT molecular complexity index is 3020. The molecule has 0 saturated heterocycles. The number of hydrogen-bond acceptors (Lipinski definition) is 4. The molecule has 0 bridgehead atoms. The number of thiophene rings is 1. The first-order valence-electron chi connectivity index (χ1n) is 18.9. The van der Waals surface area contributed by atoms with Gasteiger partial charge in [0, 0.05) is 36.9 Å². The average Bonchev–Trinajstić information content (AvgIpc) is 3.82. The summed E-state index contributed by atoms with van der Waals surface area (Å²) in [4.78, 5) is 15.8. The molecule has 2 aromatic heterocycles. The van der Waals surface area contributed by atoms with Crippen LogP contribution in [-0.2, 0) is 5.41 Å². The Morgan fingerprint density at radius 1 is 0.339 bits per heavy atom. The molecule has 2 heterocycles. The van der Waals surface area contributed by atoms with Crippen LogP contribution in [-0.4, -0.2) is 15.0 Å². The summed E-state index contributed by atoms with van der Waals surface area (Å²) in [6.45, 7) is 0. The Labute approximate surface area is 329 Å². The van der Waals surface area contributed by atoms with Gasteiger partial charge in [0.05, 0.1) is 5.41 Å². The van der Waals surface area contributed by atoms with Crippen LogP contribution in [0.4, 0.5) is 0 Å². The fourth-order valence-electron chi connectivity index (χ4n) is 8.80. The minimum atomic E-state index is -0.597. The van der Waals surface area contributed by atoms with Crippen molar-refractivity contribution in [3.8, 4) is 56.4 Å². The summed E-state index contributed by atoms with van der Waals surface area (Å²) >= 11 is 1.85. The van der Waals surface area contributed by atoms with Gasteiger partial charge in [-0.25, -0.2) is 15.0 Å². The molecule has 0 atom stereocenters. The number of fused-ring (bicyclic) bond motifs is 6. The van der Waals surface area contributed by atoms with Crippen LogP contribution in [0.15, 0.2) is 200 Å². The summed E-state index contributed by atoms with van der Waals surface area (Å²) in [6.07, 6.45) is 0. The zero-order valence-electron chi connectivity index (χ0n) is 30.3. The molecule has 0 N–H and O–H groups in total. The first-order valence-corrected chi connectivity index (χ1v) is 19.8. The Morgan fingerprint density at radius 3 is 1.57 bits per heavy atom. The molecule has 56 heavy (non-hydrogen) atoms. The van der Waals surface area contributed by atoms with Gasteiger partial charge in [-0.05, 0) is 50.6 Å². The molecule has 8 aromatic carbocycles. The average molecular weight is 732 g/mol. The molecule has 10 aromatic rings. The van der Waals surface area contributed by atoms with Crippen LogP contribution in [0.2, 0.25) is 0 Å². The van der Waals surface area contributed by atoms with E-state index in [2.05, 4.69) is 182 Å². The molecule has 0 fully saturated rings. The maximum atomic E-state index is 5.35. The second-order valence-electron chi connectivity index (χ2n) is 14.3. The SMILES string of the molecule is c1ccc(-c2nc(-c3ccc(-c4cccc5c4sc4ccccc45)cc3)nc(-c3cccc4c3C(c3ccccc3)(c3ccccc3)c3ccccc3-4)n2)cc1. The van der Waals surface area contributed by atoms with Gasteiger partial charge >= 0.3 is 0 Å². The van der Waals surface area contributed by atoms with Gasteiger partial charge < -0.3 is 0 Å². The van der Waals surface area contributed by atoms with Crippen molar-refractivity contribution in [3.05, 3.63) is 222 Å². The van der Waals surface area contributed by atoms with Gasteiger partial charge in [0.15, 0.2) is 17.5 Å². The van der Waals surface area contributed by atoms with Gasteiger partial charge in [-0.2, -0.15) is 0 Å². The molecular weight excluding hydrogens is 699 g/mol. The van der Waals surface area contributed by atoms with Crippen LogP contribution in [0.1, 0.15) is 22.3 Å². The molecule has 0 radical (unpaired) electrons. The van der Waals surface area contributed by atoms with Gasteiger partial charge in [-0.3, -0.25) is 0 Å². The van der Waals surface area contributed by atoms with Crippen molar-refractivity contribution in [2.75, 3.05) is 0 Å². The van der Waals surface area contributed by atoms with Gasteiger partial charge in [-0.1, -0.05) is 194 Å². The molecule has 1 aliphatic carbocycles. The summed E-state index contributed by atoms with van der Waals surface area (Å²) < 4.78 is 2.60. The fraction of sp³-hybridized carbons (Fsp3) is 0.0192. The van der Waals surface area contributed by atoms with Crippen LogP contribution in [0.25, 0.3) is 76.6 Å². The van der Waals surface area contributed by atoms with Crippen molar-refractivity contribution in [2.24, 2.45) is 0 Å². The minimum Gasteiger partial charge on any atom is -0.208 e. The van der Waals surface area contributed by atoms with Crippen LogP contribution < -0.4 is 0 Å². The minimum absolute atomic E-state index is 0.597. The molecule has 0 unspecified atom stereocenters. The summed E-state index contributed by atoms with van der Waals surface area (Å²) in [7, 11) is 0. The first kappa shape index (κ1) is 32.4. The number of benzene rings is 8. The lowest BCUT2D eigenvalue weighted by atomic mass is 9.66. The number of nitrogens with zero attached hydrogens (tertiary/aromatic N) is 3. The van der Waals surface area contributed by atoms with Crippen molar-refractivity contribution in [2.45, 2.75) is 5.41 Å². The predicted molar refractivity (Wildman–Crippen MR) is 232 cm³/mol. The van der Waals surface area contributed by atoms with E-state index in [1.165, 1.54) is 59.1 Å². The molecule has 11 rings (SSSR count). The van der Waals surface area contributed by atoms with Crippen molar-refractivity contribution < 1.29 is 0 Å². The highest BCUT2D eigenvalue weighted by Gasteiger charge is 2.47. The largest absolute Gasteiger partial charge is 0.208 e. The quantitative estimate of drug-likeness (QED) is 0.171. The fourth-order valence-corrected chi connectivity index (χ4v) is 10.0. The summed E-state index contributed by atoms with van der Waals surface area (Å²) in [5, 5.41) is 2.59. The van der Waals surface area contributed by atoms with E-state index >= 15 is 0 Å². The van der Waals surface area contributed by atoms with E-state index in [0.29, 0.717) is 17.5 Å². The second kappa shape index (κ2) is 13.1. The maximum absolute atomic E-state index is 5.35. The second-order valence-corrected chi connectivity index (χ2v) is 15.3. The lowest BCUT2D eigenvalue weighted by Crippen LogP contribution is -2.29. The van der Waals surface area contributed by atoms with E-state index in [1.807, 2.05) is 29.5 Å². The summed E-state index contributed by atoms with van der Waals surface area (Å²) in [6, 6.07) is 71.4. The number of hydrogen-bond donors (Lipinski definition) is 0. The molecule has 4 heteroatoms. The predicted octanol–water partition coefficient (Wildman–Crippen LogP) is 13.3. The maximum Gasteiger partial charge on any atom is 0.164 e. The van der Waals surface area contributed by atoms with Crippen molar-refractivity contribution in [1.29, 1.82) is 0 Å². The monoisotopic (exact) mass is 731 g/mol. The summed E-state index contributed by atoms with van der Waals surface area (Å²) in [5.41, 5.74) is 11.9. The smallest absolute Gasteiger partial charge is 0.164 e. The van der Waals surface area contributed by atoms with Crippen molar-refractivity contribution in [3.63, 3.8) is 0 Å². The Balaban J connectivity index is 1.12. The van der Waals surface area contributed by atoms with E-state index in [-0.39, 0.29) is 0 Å². The highest BCUT2D eigenvalue weighted by atomic mass is 32.1. The van der Waals surface area contributed by atoms with E-state index in [0.717, 1.165) is 22.3 Å². The van der Waals surface area contributed by atoms with E-state index in [9.17, 15) is 0 Å². The Hall–Kier alpha value is -7.01. The third kappa shape index (κ3) is 5.00. The molecule has 0 aliphatic heterocycles. The van der Waals surface area contributed by atoms with E-state index < -0.39 is 5.41 Å². The normalized spacial score (nSPS) is 12.8. The molecule has 1 aliphatic rings. The molecule has 262 valence electrons. The van der Waals surface area contributed by atoms with Crippen LogP contribution in [0, 0.1) is 0 Å². The van der Waals surface area contributed by atoms with Crippen LogP contribution >= 0.6 is 11.3 Å². The molecule has 0 saturated carbocycles. The van der Waals surface area contributed by atoms with E-state index in [4.69, 9.17) is 15.0 Å². The van der Waals surface area contributed by atoms with Gasteiger partial charge in [0.1, 0.15) is 0 Å². The molecular formula is C52H33N3S. The van der Waals surface area contributed by atoms with Gasteiger partial charge in [0.2, 0.25) is 0 Å². The summed E-state index contributed by atoms with van der Waals surface area (Å²) in [5.74, 6) is 1.93. The van der Waals surface area contributed by atoms with Crippen LogP contribution in [0.3, 0.4) is 0 Å². The van der Waals surface area contributed by atoms with Crippen molar-refractivity contribution >= 4 is 31.5 Å². The lowest BCUT2D eigenvalue weighted by molar-refractivity contribution is 0.769. The van der Waals surface area contributed by atoms with Gasteiger partial charge in [-0.15, -0.1) is 11.3 Å². The van der Waals surface area contributed by atoms with Crippen LogP contribution in [0.5, 0.6) is 0 Å². The zero-order chi connectivity index (χ0) is 37.1.